The quantitative estimate of drug-likeness (QED) is 0.622. The van der Waals surface area contributed by atoms with Gasteiger partial charge in [-0.1, -0.05) is 12.2 Å². The molecule has 0 fully saturated rings. The smallest absolute Gasteiger partial charge is 0.136 e. The minimum absolute atomic E-state index is 0.111. The molecule has 1 aliphatic rings. The molecule has 0 spiro atoms. The molecule has 0 amide bonds. The summed E-state index contributed by atoms with van der Waals surface area (Å²) in [6, 6.07) is 0. The molecule has 13 heavy (non-hydrogen) atoms. The van der Waals surface area contributed by atoms with Crippen LogP contribution in [0.15, 0.2) is 12.2 Å². The fourth-order valence-electron chi connectivity index (χ4n) is 1.59. The molecule has 0 aromatic carbocycles. The molecule has 0 aliphatic heterocycles. The SMILES string of the molecule is CC(=O)CCC(=O)C1CC=CCC1. The van der Waals surface area contributed by atoms with Crippen molar-refractivity contribution < 1.29 is 9.59 Å². The molecule has 0 N–H and O–H groups in total. The number of carbonyl (C=O) groups is 2. The number of hydrogen-bond acceptors (Lipinski definition) is 2. The van der Waals surface area contributed by atoms with Crippen molar-refractivity contribution in [2.75, 3.05) is 0 Å². The highest BCUT2D eigenvalue weighted by molar-refractivity contribution is 5.86. The zero-order valence-electron chi connectivity index (χ0n) is 8.08. The standard InChI is InChI=1S/C11H16O2/c1-9(12)7-8-11(13)10-5-3-2-4-6-10/h2-3,10H,4-8H2,1H3. The number of rotatable bonds is 4. The van der Waals surface area contributed by atoms with Crippen LogP contribution in [0.5, 0.6) is 0 Å². The predicted molar refractivity (Wildman–Crippen MR) is 51.4 cm³/mol. The molecule has 0 heterocycles. The molecule has 0 bridgehead atoms. The largest absolute Gasteiger partial charge is 0.300 e. The molecular weight excluding hydrogens is 164 g/mol. The van der Waals surface area contributed by atoms with E-state index in [1.807, 2.05) is 0 Å². The van der Waals surface area contributed by atoms with E-state index in [1.165, 1.54) is 6.92 Å². The Morgan fingerprint density at radius 3 is 2.62 bits per heavy atom. The second-order valence-electron chi connectivity index (χ2n) is 3.65. The van der Waals surface area contributed by atoms with Gasteiger partial charge in [0.25, 0.3) is 0 Å². The molecule has 0 radical (unpaired) electrons. The van der Waals surface area contributed by atoms with Gasteiger partial charge in [0, 0.05) is 18.8 Å². The van der Waals surface area contributed by atoms with Gasteiger partial charge in [-0.25, -0.2) is 0 Å². The number of ketones is 2. The van der Waals surface area contributed by atoms with Crippen LogP contribution < -0.4 is 0 Å². The molecule has 0 saturated carbocycles. The van der Waals surface area contributed by atoms with E-state index in [0.717, 1.165) is 19.3 Å². The van der Waals surface area contributed by atoms with Gasteiger partial charge in [0.2, 0.25) is 0 Å². The number of carbonyl (C=O) groups excluding carboxylic acids is 2. The van der Waals surface area contributed by atoms with Gasteiger partial charge >= 0.3 is 0 Å². The van der Waals surface area contributed by atoms with Crippen molar-refractivity contribution in [3.8, 4) is 0 Å². The topological polar surface area (TPSA) is 34.1 Å². The summed E-state index contributed by atoms with van der Waals surface area (Å²) in [5, 5.41) is 0. The lowest BCUT2D eigenvalue weighted by molar-refractivity contribution is -0.126. The molecule has 0 aromatic heterocycles. The van der Waals surface area contributed by atoms with Crippen LogP contribution in [0.25, 0.3) is 0 Å². The summed E-state index contributed by atoms with van der Waals surface area (Å²) in [5.74, 6) is 0.559. The number of hydrogen-bond donors (Lipinski definition) is 0. The second kappa shape index (κ2) is 4.95. The first kappa shape index (κ1) is 10.2. The summed E-state index contributed by atoms with van der Waals surface area (Å²) in [6.45, 7) is 1.54. The van der Waals surface area contributed by atoms with Gasteiger partial charge in [-0.15, -0.1) is 0 Å². The average molecular weight is 180 g/mol. The summed E-state index contributed by atoms with van der Waals surface area (Å²) >= 11 is 0. The van der Waals surface area contributed by atoms with E-state index in [-0.39, 0.29) is 17.5 Å². The molecule has 1 rings (SSSR count). The first-order valence-corrected chi connectivity index (χ1v) is 4.87. The van der Waals surface area contributed by atoms with E-state index < -0.39 is 0 Å². The molecule has 0 aromatic rings. The molecule has 1 unspecified atom stereocenters. The highest BCUT2D eigenvalue weighted by atomic mass is 16.1. The van der Waals surface area contributed by atoms with Gasteiger partial charge in [-0.2, -0.15) is 0 Å². The first-order valence-electron chi connectivity index (χ1n) is 4.87. The van der Waals surface area contributed by atoms with E-state index >= 15 is 0 Å². The zero-order valence-corrected chi connectivity index (χ0v) is 8.08. The second-order valence-corrected chi connectivity index (χ2v) is 3.65. The lowest BCUT2D eigenvalue weighted by Gasteiger charge is -2.15. The lowest BCUT2D eigenvalue weighted by Crippen LogP contribution is -2.16. The van der Waals surface area contributed by atoms with Crippen LogP contribution in [0, 0.1) is 5.92 Å². The minimum Gasteiger partial charge on any atom is -0.300 e. The third-order valence-corrected chi connectivity index (χ3v) is 2.45. The van der Waals surface area contributed by atoms with Crippen molar-refractivity contribution >= 4 is 11.6 Å². The Labute approximate surface area is 79.0 Å². The monoisotopic (exact) mass is 180 g/mol. The summed E-state index contributed by atoms with van der Waals surface area (Å²) in [6.07, 6.45) is 7.89. The molecule has 0 saturated heterocycles. The average Bonchev–Trinajstić information content (AvgIpc) is 2.15. The fraction of sp³-hybridized carbons (Fsp3) is 0.636. The van der Waals surface area contributed by atoms with Gasteiger partial charge in [0.15, 0.2) is 0 Å². The molecule has 1 atom stereocenters. The van der Waals surface area contributed by atoms with E-state index in [9.17, 15) is 9.59 Å². The summed E-state index contributed by atoms with van der Waals surface area (Å²) in [4.78, 5) is 22.2. The Kier molecular flexibility index (Phi) is 3.87. The van der Waals surface area contributed by atoms with Crippen LogP contribution in [0.4, 0.5) is 0 Å². The third kappa shape index (κ3) is 3.53. The van der Waals surface area contributed by atoms with Gasteiger partial charge in [-0.05, 0) is 26.2 Å². The van der Waals surface area contributed by atoms with E-state index in [0.29, 0.717) is 12.8 Å². The van der Waals surface area contributed by atoms with Crippen LogP contribution in [-0.2, 0) is 9.59 Å². The molecule has 1 aliphatic carbocycles. The highest BCUT2D eigenvalue weighted by Crippen LogP contribution is 2.20. The van der Waals surface area contributed by atoms with Crippen LogP contribution in [0.1, 0.15) is 39.0 Å². The maximum Gasteiger partial charge on any atom is 0.136 e. The van der Waals surface area contributed by atoms with Crippen molar-refractivity contribution in [1.82, 2.24) is 0 Å². The van der Waals surface area contributed by atoms with Crippen molar-refractivity contribution in [3.63, 3.8) is 0 Å². The van der Waals surface area contributed by atoms with Crippen LogP contribution in [0.3, 0.4) is 0 Å². The Morgan fingerprint density at radius 2 is 2.08 bits per heavy atom. The lowest BCUT2D eigenvalue weighted by atomic mass is 9.88. The van der Waals surface area contributed by atoms with Crippen molar-refractivity contribution in [1.29, 1.82) is 0 Å². The fourth-order valence-corrected chi connectivity index (χ4v) is 1.59. The number of allylic oxidation sites excluding steroid dienone is 2. The maximum absolute atomic E-state index is 11.5. The molecule has 72 valence electrons. The Morgan fingerprint density at radius 1 is 1.31 bits per heavy atom. The normalized spacial score (nSPS) is 21.5. The molecule has 2 nitrogen and oxygen atoms in total. The van der Waals surface area contributed by atoms with Crippen molar-refractivity contribution in [2.24, 2.45) is 5.92 Å². The van der Waals surface area contributed by atoms with Crippen molar-refractivity contribution in [3.05, 3.63) is 12.2 Å². The minimum atomic E-state index is 0.111. The Bertz CT molecular complexity index is 228. The van der Waals surface area contributed by atoms with Crippen LogP contribution in [0.2, 0.25) is 0 Å². The Hall–Kier alpha value is -0.920. The summed E-state index contributed by atoms with van der Waals surface area (Å²) < 4.78 is 0. The van der Waals surface area contributed by atoms with E-state index in [4.69, 9.17) is 0 Å². The maximum atomic E-state index is 11.5. The van der Waals surface area contributed by atoms with Crippen LogP contribution >= 0.6 is 0 Å². The third-order valence-electron chi connectivity index (χ3n) is 2.45. The summed E-state index contributed by atoms with van der Waals surface area (Å²) in [5.41, 5.74) is 0. The Balaban J connectivity index is 2.30. The zero-order chi connectivity index (χ0) is 9.68. The van der Waals surface area contributed by atoms with E-state index in [1.54, 1.807) is 0 Å². The van der Waals surface area contributed by atoms with Gasteiger partial charge in [-0.3, -0.25) is 4.79 Å². The van der Waals surface area contributed by atoms with Crippen molar-refractivity contribution in [2.45, 2.75) is 39.0 Å². The highest BCUT2D eigenvalue weighted by Gasteiger charge is 2.18. The summed E-state index contributed by atoms with van der Waals surface area (Å²) in [7, 11) is 0. The molecule has 2 heteroatoms. The van der Waals surface area contributed by atoms with Gasteiger partial charge < -0.3 is 4.79 Å². The predicted octanol–water partition coefficient (Wildman–Crippen LogP) is 2.28. The van der Waals surface area contributed by atoms with Gasteiger partial charge in [0.05, 0.1) is 0 Å². The van der Waals surface area contributed by atoms with E-state index in [2.05, 4.69) is 12.2 Å². The number of Topliss-reactive ketones (excluding diaryl/α,β-unsaturated/α-hetero) is 2. The van der Waals surface area contributed by atoms with Gasteiger partial charge in [0.1, 0.15) is 11.6 Å². The first-order chi connectivity index (χ1) is 6.20. The van der Waals surface area contributed by atoms with Crippen LogP contribution in [-0.4, -0.2) is 11.6 Å². The molecular formula is C11H16O2.